The Morgan fingerprint density at radius 3 is 2.36 bits per heavy atom. The van der Waals surface area contributed by atoms with Gasteiger partial charge in [-0.2, -0.15) is 13.2 Å². The van der Waals surface area contributed by atoms with E-state index in [0.717, 1.165) is 18.2 Å². The molecule has 0 amide bonds. The average Bonchev–Trinajstić information content (AvgIpc) is 2.61. The highest BCUT2D eigenvalue weighted by Crippen LogP contribution is 2.38. The smallest absolute Gasteiger partial charge is 0.358 e. The molecule has 3 nitrogen and oxygen atoms in total. The molecule has 1 aromatic carbocycles. The molecule has 2 heterocycles. The van der Waals surface area contributed by atoms with Crippen LogP contribution in [-0.4, -0.2) is 23.0 Å². The third kappa shape index (κ3) is 4.07. The molecular formula is C19H17F6N3. The first-order valence-corrected chi connectivity index (χ1v) is 8.48. The van der Waals surface area contributed by atoms with Crippen molar-refractivity contribution in [2.24, 2.45) is 0 Å². The van der Waals surface area contributed by atoms with Crippen LogP contribution in [0.25, 0.3) is 0 Å². The van der Waals surface area contributed by atoms with Crippen molar-refractivity contribution < 1.29 is 26.3 Å². The third-order valence-electron chi connectivity index (χ3n) is 4.68. The maximum Gasteiger partial charge on any atom is 0.419 e. The third-order valence-corrected chi connectivity index (χ3v) is 4.68. The Hall–Kier alpha value is -2.71. The minimum atomic E-state index is -4.78. The second-order valence-corrected chi connectivity index (χ2v) is 6.55. The number of aromatic nitrogens is 1. The largest absolute Gasteiger partial charge is 0.419 e. The number of pyridine rings is 1. The lowest BCUT2D eigenvalue weighted by Crippen LogP contribution is -2.41. The van der Waals surface area contributed by atoms with Crippen LogP contribution in [0.15, 0.2) is 48.9 Å². The molecule has 0 spiro atoms. The van der Waals surface area contributed by atoms with Crippen LogP contribution in [0, 0.1) is 11.6 Å². The van der Waals surface area contributed by atoms with E-state index in [9.17, 15) is 22.0 Å². The zero-order valence-corrected chi connectivity index (χ0v) is 14.7. The van der Waals surface area contributed by atoms with Gasteiger partial charge >= 0.3 is 6.18 Å². The lowest BCUT2D eigenvalue weighted by atomic mass is 9.89. The Morgan fingerprint density at radius 2 is 1.79 bits per heavy atom. The fourth-order valence-electron chi connectivity index (χ4n) is 3.15. The molecule has 150 valence electrons. The van der Waals surface area contributed by atoms with Crippen molar-refractivity contribution in [2.75, 3.05) is 18.4 Å². The van der Waals surface area contributed by atoms with Crippen LogP contribution in [0.1, 0.15) is 24.1 Å². The van der Waals surface area contributed by atoms with Crippen LogP contribution in [-0.2, 0) is 11.8 Å². The van der Waals surface area contributed by atoms with Crippen molar-refractivity contribution in [3.05, 3.63) is 71.8 Å². The molecule has 0 atom stereocenters. The van der Waals surface area contributed by atoms with Crippen molar-refractivity contribution in [3.63, 3.8) is 0 Å². The van der Waals surface area contributed by atoms with Gasteiger partial charge in [-0.25, -0.2) is 13.2 Å². The molecule has 0 radical (unpaired) electrons. The minimum Gasteiger partial charge on any atom is -0.358 e. The topological polar surface area (TPSA) is 28.2 Å². The molecular weight excluding hydrogens is 384 g/mol. The maximum absolute atomic E-state index is 15.1. The molecule has 1 aliphatic rings. The summed E-state index contributed by atoms with van der Waals surface area (Å²) in [5.74, 6) is -1.84. The number of anilines is 1. The van der Waals surface area contributed by atoms with Crippen molar-refractivity contribution in [3.8, 4) is 0 Å². The second-order valence-electron chi connectivity index (χ2n) is 6.55. The molecule has 0 saturated carbocycles. The molecule has 1 aliphatic heterocycles. The number of rotatable bonds is 4. The van der Waals surface area contributed by atoms with Gasteiger partial charge in [0.1, 0.15) is 17.3 Å². The summed E-state index contributed by atoms with van der Waals surface area (Å²) in [6.45, 7) is 4.13. The summed E-state index contributed by atoms with van der Waals surface area (Å²) in [6.07, 6.45) is -3.53. The van der Waals surface area contributed by atoms with E-state index >= 15 is 4.39 Å². The number of likely N-dealkylation sites (tertiary alicyclic amines) is 1. The van der Waals surface area contributed by atoms with Crippen LogP contribution in [0.4, 0.5) is 32.0 Å². The molecule has 28 heavy (non-hydrogen) atoms. The summed E-state index contributed by atoms with van der Waals surface area (Å²) >= 11 is 0. The highest BCUT2D eigenvalue weighted by Gasteiger charge is 2.40. The van der Waals surface area contributed by atoms with Crippen LogP contribution in [0.2, 0.25) is 0 Å². The predicted molar refractivity (Wildman–Crippen MR) is 92.0 cm³/mol. The quantitative estimate of drug-likeness (QED) is 0.712. The standard InChI is InChI=1S/C19H17F6N3/c1-12(27-13-4-5-14(16(21)11-13)19(23,24)25)28-9-6-18(22,7-10-28)17-15(20)3-2-8-26-17/h2-5,8,11,27H,1,6-7,9-10H2. The van der Waals surface area contributed by atoms with E-state index < -0.39 is 29.0 Å². The number of nitrogens with zero attached hydrogens (tertiary/aromatic N) is 2. The highest BCUT2D eigenvalue weighted by molar-refractivity contribution is 5.49. The summed E-state index contributed by atoms with van der Waals surface area (Å²) in [7, 11) is 0. The Morgan fingerprint density at radius 1 is 1.11 bits per heavy atom. The van der Waals surface area contributed by atoms with Gasteiger partial charge in [0.15, 0.2) is 5.67 Å². The van der Waals surface area contributed by atoms with Gasteiger partial charge in [0.05, 0.1) is 11.4 Å². The van der Waals surface area contributed by atoms with Crippen molar-refractivity contribution >= 4 is 5.69 Å². The first-order valence-electron chi connectivity index (χ1n) is 8.48. The zero-order valence-electron chi connectivity index (χ0n) is 14.7. The predicted octanol–water partition coefficient (Wildman–Crippen LogP) is 5.22. The molecule has 1 fully saturated rings. The number of hydrogen-bond donors (Lipinski definition) is 1. The summed E-state index contributed by atoms with van der Waals surface area (Å²) in [5, 5.41) is 2.72. The van der Waals surface area contributed by atoms with Crippen LogP contribution >= 0.6 is 0 Å². The van der Waals surface area contributed by atoms with Gasteiger partial charge < -0.3 is 10.2 Å². The Labute approximate surface area is 157 Å². The lowest BCUT2D eigenvalue weighted by Gasteiger charge is -2.38. The van der Waals surface area contributed by atoms with Gasteiger partial charge in [-0.05, 0) is 30.3 Å². The van der Waals surface area contributed by atoms with Gasteiger partial charge in [-0.3, -0.25) is 4.98 Å². The van der Waals surface area contributed by atoms with Crippen molar-refractivity contribution in [1.29, 1.82) is 0 Å². The average molecular weight is 401 g/mol. The van der Waals surface area contributed by atoms with E-state index in [1.807, 2.05) is 0 Å². The normalized spacial score (nSPS) is 16.7. The molecule has 1 saturated heterocycles. The van der Waals surface area contributed by atoms with Crippen molar-refractivity contribution in [1.82, 2.24) is 9.88 Å². The van der Waals surface area contributed by atoms with Crippen LogP contribution in [0.5, 0.6) is 0 Å². The fourth-order valence-corrected chi connectivity index (χ4v) is 3.15. The number of halogens is 6. The number of alkyl halides is 4. The molecule has 9 heteroatoms. The summed E-state index contributed by atoms with van der Waals surface area (Å²) in [5.41, 5.74) is -3.43. The zero-order chi connectivity index (χ0) is 20.5. The van der Waals surface area contributed by atoms with Gasteiger partial charge in [0.25, 0.3) is 0 Å². The minimum absolute atomic E-state index is 0.0387. The molecule has 0 unspecified atom stereocenters. The van der Waals surface area contributed by atoms with Crippen molar-refractivity contribution in [2.45, 2.75) is 24.7 Å². The lowest BCUT2D eigenvalue weighted by molar-refractivity contribution is -0.139. The van der Waals surface area contributed by atoms with Crippen LogP contribution < -0.4 is 5.32 Å². The van der Waals surface area contributed by atoms with E-state index in [4.69, 9.17) is 0 Å². The van der Waals surface area contributed by atoms with Gasteiger partial charge in [-0.15, -0.1) is 0 Å². The van der Waals surface area contributed by atoms with E-state index in [0.29, 0.717) is 6.07 Å². The van der Waals surface area contributed by atoms with Gasteiger partial charge in [0.2, 0.25) is 0 Å². The highest BCUT2D eigenvalue weighted by atomic mass is 19.4. The Bertz CT molecular complexity index is 872. The number of hydrogen-bond acceptors (Lipinski definition) is 3. The first-order chi connectivity index (χ1) is 13.1. The Kier molecular flexibility index (Phi) is 5.27. The number of benzene rings is 1. The van der Waals surface area contributed by atoms with Gasteiger partial charge in [0, 0.05) is 37.8 Å². The molecule has 1 aromatic heterocycles. The van der Waals surface area contributed by atoms with E-state index in [1.165, 1.54) is 12.3 Å². The summed E-state index contributed by atoms with van der Waals surface area (Å²) in [4.78, 5) is 5.47. The Balaban J connectivity index is 1.65. The van der Waals surface area contributed by atoms with Crippen LogP contribution in [0.3, 0.4) is 0 Å². The number of nitrogens with one attached hydrogen (secondary N) is 1. The SMILES string of the molecule is C=C(Nc1ccc(C(F)(F)F)c(F)c1)N1CCC(F)(c2ncccc2F)CC1. The van der Waals surface area contributed by atoms with E-state index in [2.05, 4.69) is 16.9 Å². The maximum atomic E-state index is 15.1. The first kappa shape index (κ1) is 20.0. The molecule has 1 N–H and O–H groups in total. The van der Waals surface area contributed by atoms with E-state index in [1.54, 1.807) is 4.90 Å². The molecule has 3 rings (SSSR count). The second kappa shape index (κ2) is 7.37. The molecule has 0 bridgehead atoms. The van der Waals surface area contributed by atoms with Gasteiger partial charge in [-0.1, -0.05) is 6.58 Å². The fraction of sp³-hybridized carbons (Fsp3) is 0.316. The monoisotopic (exact) mass is 401 g/mol. The van der Waals surface area contributed by atoms with E-state index in [-0.39, 0.29) is 43.1 Å². The summed E-state index contributed by atoms with van der Waals surface area (Å²) in [6, 6.07) is 4.98. The summed E-state index contributed by atoms with van der Waals surface area (Å²) < 4.78 is 80.5. The number of piperidine rings is 1. The molecule has 0 aliphatic carbocycles. The molecule has 2 aromatic rings.